The number of thioether (sulfide) groups is 1. The number of pyridine rings is 1. The summed E-state index contributed by atoms with van der Waals surface area (Å²) in [6.07, 6.45) is 5.19. The number of para-hydroxylation sites is 1. The van der Waals surface area contributed by atoms with Gasteiger partial charge in [0.05, 0.1) is 20.0 Å². The lowest BCUT2D eigenvalue weighted by molar-refractivity contribution is 0.0930. The topological polar surface area (TPSA) is 91.4 Å². The van der Waals surface area contributed by atoms with Gasteiger partial charge in [0, 0.05) is 43.3 Å². The van der Waals surface area contributed by atoms with Crippen LogP contribution in [-0.4, -0.2) is 57.0 Å². The molecule has 1 amide bonds. The number of anilines is 2. The fourth-order valence-electron chi connectivity index (χ4n) is 4.58. The zero-order valence-corrected chi connectivity index (χ0v) is 24.9. The molecule has 0 bridgehead atoms. The van der Waals surface area contributed by atoms with Crippen LogP contribution in [0.3, 0.4) is 0 Å². The number of fused-ring (bicyclic) bond motifs is 1. The second kappa shape index (κ2) is 11.4. The van der Waals surface area contributed by atoms with Crippen LogP contribution in [-0.2, 0) is 9.84 Å². The average molecular weight is 581 g/mol. The highest BCUT2D eigenvalue weighted by molar-refractivity contribution is 8.01. The summed E-state index contributed by atoms with van der Waals surface area (Å²) < 4.78 is 26.2. The summed E-state index contributed by atoms with van der Waals surface area (Å²) in [5.74, 6) is 0.544. The first-order valence-corrected chi connectivity index (χ1v) is 16.2. The van der Waals surface area contributed by atoms with E-state index in [1.54, 1.807) is 20.1 Å². The van der Waals surface area contributed by atoms with E-state index in [-0.39, 0.29) is 32.8 Å². The lowest BCUT2D eigenvalue weighted by atomic mass is 9.91. The van der Waals surface area contributed by atoms with Crippen LogP contribution in [0, 0.1) is 0 Å². The number of rotatable bonds is 8. The van der Waals surface area contributed by atoms with Gasteiger partial charge in [-0.05, 0) is 51.9 Å². The van der Waals surface area contributed by atoms with Crippen molar-refractivity contribution in [1.82, 2.24) is 10.3 Å². The van der Waals surface area contributed by atoms with Crippen LogP contribution >= 0.6 is 34.7 Å². The van der Waals surface area contributed by atoms with Crippen LogP contribution in [0.5, 0.6) is 0 Å². The van der Waals surface area contributed by atoms with Gasteiger partial charge in [-0.3, -0.25) is 4.79 Å². The third-order valence-corrected chi connectivity index (χ3v) is 12.1. The van der Waals surface area contributed by atoms with Crippen molar-refractivity contribution in [1.29, 1.82) is 0 Å². The van der Waals surface area contributed by atoms with Crippen LogP contribution in [0.15, 0.2) is 39.4 Å². The molecule has 3 aromatic rings. The molecule has 0 aliphatic heterocycles. The summed E-state index contributed by atoms with van der Waals surface area (Å²) in [5.41, 5.74) is 2.07. The number of nitrogens with one attached hydrogen (secondary N) is 2. The Labute approximate surface area is 232 Å². The van der Waals surface area contributed by atoms with Gasteiger partial charge in [0.25, 0.3) is 5.91 Å². The molecule has 0 radical (unpaired) electrons. The number of nitrogens with zero attached hydrogens (tertiary/aromatic N) is 2. The van der Waals surface area contributed by atoms with E-state index in [9.17, 15) is 13.2 Å². The van der Waals surface area contributed by atoms with Crippen molar-refractivity contribution in [3.05, 3.63) is 40.2 Å². The molecule has 1 aromatic carbocycles. The first kappa shape index (κ1) is 28.0. The average Bonchev–Trinajstić information content (AvgIpc) is 3.21. The van der Waals surface area contributed by atoms with Gasteiger partial charge in [-0.15, -0.1) is 23.1 Å². The van der Waals surface area contributed by atoms with Crippen LogP contribution in [0.4, 0.5) is 11.5 Å². The van der Waals surface area contributed by atoms with E-state index in [0.717, 1.165) is 59.4 Å². The molecule has 37 heavy (non-hydrogen) atoms. The standard InChI is InChI=1S/C26H33ClN4O3S3/c1-15(2)37(33,34)24-22(27)23(36-26(24)35-5)25(32)29-17-12-10-16(11-13-17)28-21-14-20(31(3)4)18-8-6-7-9-19(18)30-21/h6-9,14-17H,10-13H2,1-5H3,(H,28,30)(H,29,32). The number of aromatic nitrogens is 1. The van der Waals surface area contributed by atoms with E-state index in [0.29, 0.717) is 4.21 Å². The van der Waals surface area contributed by atoms with Gasteiger partial charge in [-0.1, -0.05) is 29.8 Å². The molecule has 1 fully saturated rings. The van der Waals surface area contributed by atoms with Gasteiger partial charge < -0.3 is 15.5 Å². The minimum atomic E-state index is -3.60. The molecule has 0 saturated heterocycles. The number of carbonyl (C=O) groups excluding carboxylic acids is 1. The molecule has 2 N–H and O–H groups in total. The summed E-state index contributed by atoms with van der Waals surface area (Å²) >= 11 is 8.93. The summed E-state index contributed by atoms with van der Waals surface area (Å²) in [7, 11) is 0.466. The Morgan fingerprint density at radius 3 is 2.43 bits per heavy atom. The number of halogens is 1. The van der Waals surface area contributed by atoms with E-state index in [1.165, 1.54) is 11.8 Å². The molecule has 11 heteroatoms. The van der Waals surface area contributed by atoms with E-state index >= 15 is 0 Å². The summed E-state index contributed by atoms with van der Waals surface area (Å²) in [6, 6.07) is 10.5. The Bertz CT molecular complexity index is 1400. The largest absolute Gasteiger partial charge is 0.377 e. The molecule has 0 atom stereocenters. The van der Waals surface area contributed by atoms with Crippen molar-refractivity contribution >= 4 is 72.9 Å². The quantitative estimate of drug-likeness (QED) is 0.312. The second-order valence-electron chi connectivity index (χ2n) is 9.76. The normalized spacial score (nSPS) is 18.2. The Morgan fingerprint density at radius 2 is 1.81 bits per heavy atom. The van der Waals surface area contributed by atoms with Crippen LogP contribution in [0.2, 0.25) is 5.02 Å². The fraction of sp³-hybridized carbons (Fsp3) is 0.462. The van der Waals surface area contributed by atoms with E-state index in [1.807, 2.05) is 32.3 Å². The first-order chi connectivity index (χ1) is 17.5. The zero-order valence-electron chi connectivity index (χ0n) is 21.7. The van der Waals surface area contributed by atoms with E-state index < -0.39 is 15.1 Å². The third kappa shape index (κ3) is 5.87. The van der Waals surface area contributed by atoms with Crippen molar-refractivity contribution in [2.45, 2.75) is 66.0 Å². The highest BCUT2D eigenvalue weighted by atomic mass is 35.5. The van der Waals surface area contributed by atoms with Gasteiger partial charge in [0.15, 0.2) is 9.84 Å². The number of hydrogen-bond acceptors (Lipinski definition) is 8. The van der Waals surface area contributed by atoms with Gasteiger partial charge in [-0.2, -0.15) is 0 Å². The lowest BCUT2D eigenvalue weighted by Crippen LogP contribution is -2.40. The molecular formula is C26H33ClN4O3S3. The van der Waals surface area contributed by atoms with Gasteiger partial charge in [-0.25, -0.2) is 13.4 Å². The van der Waals surface area contributed by atoms with Crippen molar-refractivity contribution < 1.29 is 13.2 Å². The molecule has 1 aliphatic rings. The molecule has 0 spiro atoms. The minimum absolute atomic E-state index is 0.00787. The van der Waals surface area contributed by atoms with E-state index in [2.05, 4.69) is 27.7 Å². The first-order valence-electron chi connectivity index (χ1n) is 12.3. The monoisotopic (exact) mass is 580 g/mol. The molecule has 2 aromatic heterocycles. The molecule has 2 heterocycles. The Balaban J connectivity index is 1.42. The van der Waals surface area contributed by atoms with Crippen molar-refractivity contribution in [3.63, 3.8) is 0 Å². The Morgan fingerprint density at radius 1 is 1.16 bits per heavy atom. The number of carbonyl (C=O) groups is 1. The van der Waals surface area contributed by atoms with Gasteiger partial charge in [0.1, 0.15) is 15.6 Å². The minimum Gasteiger partial charge on any atom is -0.377 e. The fourth-order valence-corrected chi connectivity index (χ4v) is 9.09. The number of thiophene rings is 1. The molecule has 1 saturated carbocycles. The molecule has 4 rings (SSSR count). The number of sulfone groups is 1. The Kier molecular flexibility index (Phi) is 8.62. The predicted molar refractivity (Wildman–Crippen MR) is 157 cm³/mol. The maximum Gasteiger partial charge on any atom is 0.263 e. The van der Waals surface area contributed by atoms with Gasteiger partial charge in [0.2, 0.25) is 0 Å². The number of amides is 1. The highest BCUT2D eigenvalue weighted by Gasteiger charge is 2.33. The highest BCUT2D eigenvalue weighted by Crippen LogP contribution is 2.43. The van der Waals surface area contributed by atoms with Crippen molar-refractivity contribution in [2.75, 3.05) is 30.6 Å². The van der Waals surface area contributed by atoms with E-state index in [4.69, 9.17) is 16.6 Å². The molecule has 200 valence electrons. The maximum absolute atomic E-state index is 13.1. The molecule has 0 unspecified atom stereocenters. The van der Waals surface area contributed by atoms with Crippen molar-refractivity contribution in [3.8, 4) is 0 Å². The predicted octanol–water partition coefficient (Wildman–Crippen LogP) is 6.07. The number of hydrogen-bond donors (Lipinski definition) is 2. The summed E-state index contributed by atoms with van der Waals surface area (Å²) in [4.78, 5) is 20.3. The Hall–Kier alpha value is -2.01. The maximum atomic E-state index is 13.1. The smallest absolute Gasteiger partial charge is 0.263 e. The van der Waals surface area contributed by atoms with Crippen LogP contribution in [0.1, 0.15) is 49.2 Å². The second-order valence-corrected chi connectivity index (χ2v) is 14.7. The molecule has 1 aliphatic carbocycles. The van der Waals surface area contributed by atoms with Crippen LogP contribution in [0.25, 0.3) is 10.9 Å². The summed E-state index contributed by atoms with van der Waals surface area (Å²) in [6.45, 7) is 3.24. The third-order valence-electron chi connectivity index (χ3n) is 6.67. The zero-order chi connectivity index (χ0) is 26.9. The van der Waals surface area contributed by atoms with Crippen LogP contribution < -0.4 is 15.5 Å². The summed E-state index contributed by atoms with van der Waals surface area (Å²) in [5, 5.41) is 7.21. The molecular weight excluding hydrogens is 548 g/mol. The SMILES string of the molecule is CSc1sc(C(=O)NC2CCC(Nc3cc(N(C)C)c4ccccc4n3)CC2)c(Cl)c1S(=O)(=O)C(C)C. The van der Waals surface area contributed by atoms with Crippen molar-refractivity contribution in [2.24, 2.45) is 0 Å². The number of benzene rings is 1. The lowest BCUT2D eigenvalue weighted by Gasteiger charge is -2.30. The molecule has 7 nitrogen and oxygen atoms in total. The van der Waals surface area contributed by atoms with Gasteiger partial charge >= 0.3 is 0 Å².